The average Bonchev–Trinajstić information content (AvgIpc) is 2.91. The van der Waals surface area contributed by atoms with E-state index in [0.717, 1.165) is 48.4 Å². The second kappa shape index (κ2) is 6.61. The molecule has 3 aromatic rings. The van der Waals surface area contributed by atoms with E-state index in [0.29, 0.717) is 12.1 Å². The standard InChI is InChI=1S/C20H25N5O/c1-14-17-18(20(26)23(2)13-22-17)25(11-15-7-4-3-5-8-15)19(14)24-10-6-9-16(21)12-24/h3-5,7-8,13,16H,6,9-12,21H2,1-2H3/t16-/m0/s1. The van der Waals surface area contributed by atoms with Crippen LogP contribution in [-0.4, -0.2) is 33.2 Å². The van der Waals surface area contributed by atoms with Gasteiger partial charge in [-0.1, -0.05) is 30.3 Å². The van der Waals surface area contributed by atoms with Gasteiger partial charge in [0.25, 0.3) is 5.56 Å². The molecule has 6 heteroatoms. The second-order valence-corrected chi connectivity index (χ2v) is 7.23. The third-order valence-corrected chi connectivity index (χ3v) is 5.26. The van der Waals surface area contributed by atoms with Crippen molar-refractivity contribution in [1.29, 1.82) is 0 Å². The number of piperidine rings is 1. The molecule has 6 nitrogen and oxygen atoms in total. The summed E-state index contributed by atoms with van der Waals surface area (Å²) in [5.41, 5.74) is 9.90. The normalized spacial score (nSPS) is 17.8. The molecule has 0 spiro atoms. The number of hydrogen-bond donors (Lipinski definition) is 1. The first-order valence-electron chi connectivity index (χ1n) is 9.15. The zero-order valence-corrected chi connectivity index (χ0v) is 15.4. The Hall–Kier alpha value is -2.60. The van der Waals surface area contributed by atoms with Gasteiger partial charge >= 0.3 is 0 Å². The smallest absolute Gasteiger partial charge is 0.277 e. The van der Waals surface area contributed by atoms with Crippen LogP contribution in [0.4, 0.5) is 5.82 Å². The predicted octanol–water partition coefficient (Wildman–Crippen LogP) is 2.02. The lowest BCUT2D eigenvalue weighted by molar-refractivity contribution is 0.498. The Labute approximate surface area is 152 Å². The molecule has 0 amide bonds. The molecule has 0 unspecified atom stereocenters. The summed E-state index contributed by atoms with van der Waals surface area (Å²) < 4.78 is 3.68. The summed E-state index contributed by atoms with van der Waals surface area (Å²) in [7, 11) is 1.75. The minimum absolute atomic E-state index is 0.0124. The number of aryl methyl sites for hydroxylation is 2. The molecule has 136 valence electrons. The highest BCUT2D eigenvalue weighted by molar-refractivity contribution is 5.86. The molecule has 1 aromatic carbocycles. The van der Waals surface area contributed by atoms with E-state index < -0.39 is 0 Å². The van der Waals surface area contributed by atoms with Crippen LogP contribution in [-0.2, 0) is 13.6 Å². The second-order valence-electron chi connectivity index (χ2n) is 7.23. The molecule has 2 N–H and O–H groups in total. The first-order valence-corrected chi connectivity index (χ1v) is 9.15. The SMILES string of the molecule is Cc1c(N2CCC[C@H](N)C2)n(Cc2ccccc2)c2c(=O)n(C)cnc12. The third kappa shape index (κ3) is 2.80. The van der Waals surface area contributed by atoms with Gasteiger partial charge in [-0.05, 0) is 25.3 Å². The first kappa shape index (κ1) is 16.8. The topological polar surface area (TPSA) is 69.1 Å². The number of anilines is 1. The highest BCUT2D eigenvalue weighted by atomic mass is 16.1. The summed E-state index contributed by atoms with van der Waals surface area (Å²) in [5.74, 6) is 1.08. The Bertz CT molecular complexity index is 989. The highest BCUT2D eigenvalue weighted by Gasteiger charge is 2.26. The highest BCUT2D eigenvalue weighted by Crippen LogP contribution is 2.32. The van der Waals surface area contributed by atoms with Gasteiger partial charge in [0, 0.05) is 38.3 Å². The van der Waals surface area contributed by atoms with Crippen molar-refractivity contribution < 1.29 is 0 Å². The molecule has 0 aliphatic carbocycles. The van der Waals surface area contributed by atoms with Gasteiger partial charge in [-0.3, -0.25) is 4.79 Å². The van der Waals surface area contributed by atoms with Gasteiger partial charge in [-0.25, -0.2) is 4.98 Å². The summed E-state index contributed by atoms with van der Waals surface area (Å²) >= 11 is 0. The number of nitrogens with zero attached hydrogens (tertiary/aromatic N) is 4. The molecule has 0 saturated carbocycles. The molecular weight excluding hydrogens is 326 g/mol. The fourth-order valence-corrected chi connectivity index (χ4v) is 3.99. The van der Waals surface area contributed by atoms with Crippen molar-refractivity contribution >= 4 is 16.9 Å². The summed E-state index contributed by atoms with van der Waals surface area (Å²) in [6.07, 6.45) is 3.73. The van der Waals surface area contributed by atoms with Gasteiger partial charge in [-0.15, -0.1) is 0 Å². The van der Waals surface area contributed by atoms with Crippen LogP contribution >= 0.6 is 0 Å². The third-order valence-electron chi connectivity index (χ3n) is 5.26. The van der Waals surface area contributed by atoms with E-state index in [1.54, 1.807) is 17.9 Å². The van der Waals surface area contributed by atoms with Crippen molar-refractivity contribution in [3.8, 4) is 0 Å². The molecule has 1 aliphatic heterocycles. The quantitative estimate of drug-likeness (QED) is 0.784. The summed E-state index contributed by atoms with van der Waals surface area (Å²) in [6.45, 7) is 4.48. The summed E-state index contributed by atoms with van der Waals surface area (Å²) in [6, 6.07) is 10.4. The fourth-order valence-electron chi connectivity index (χ4n) is 3.99. The van der Waals surface area contributed by atoms with Crippen LogP contribution in [0.3, 0.4) is 0 Å². The van der Waals surface area contributed by atoms with E-state index in [1.165, 1.54) is 0 Å². The molecule has 2 aromatic heterocycles. The minimum Gasteiger partial charge on any atom is -0.356 e. The minimum atomic E-state index is -0.0124. The lowest BCUT2D eigenvalue weighted by atomic mass is 10.1. The van der Waals surface area contributed by atoms with Crippen LogP contribution in [0, 0.1) is 6.92 Å². The number of fused-ring (bicyclic) bond motifs is 1. The molecule has 0 radical (unpaired) electrons. The molecule has 3 heterocycles. The molecule has 26 heavy (non-hydrogen) atoms. The maximum Gasteiger partial charge on any atom is 0.277 e. The van der Waals surface area contributed by atoms with Crippen molar-refractivity contribution in [1.82, 2.24) is 14.1 Å². The number of rotatable bonds is 3. The Morgan fingerprint density at radius 3 is 2.77 bits per heavy atom. The van der Waals surface area contributed by atoms with Gasteiger partial charge in [0.05, 0.1) is 6.33 Å². The van der Waals surface area contributed by atoms with E-state index in [9.17, 15) is 4.79 Å². The van der Waals surface area contributed by atoms with E-state index in [-0.39, 0.29) is 11.6 Å². The van der Waals surface area contributed by atoms with Gasteiger partial charge in [0.1, 0.15) is 16.9 Å². The monoisotopic (exact) mass is 351 g/mol. The predicted molar refractivity (Wildman–Crippen MR) is 105 cm³/mol. The molecular formula is C20H25N5O. The van der Waals surface area contributed by atoms with Crippen LogP contribution in [0.2, 0.25) is 0 Å². The van der Waals surface area contributed by atoms with Crippen LogP contribution in [0.5, 0.6) is 0 Å². The Kier molecular flexibility index (Phi) is 4.28. The van der Waals surface area contributed by atoms with Crippen molar-refractivity contribution in [2.75, 3.05) is 18.0 Å². The molecule has 1 saturated heterocycles. The van der Waals surface area contributed by atoms with Crippen molar-refractivity contribution in [3.63, 3.8) is 0 Å². The first-order chi connectivity index (χ1) is 12.6. The maximum absolute atomic E-state index is 12.9. The maximum atomic E-state index is 12.9. The van der Waals surface area contributed by atoms with Crippen LogP contribution in [0.15, 0.2) is 41.5 Å². The van der Waals surface area contributed by atoms with Crippen LogP contribution in [0.25, 0.3) is 11.0 Å². The Balaban J connectivity index is 1.94. The Morgan fingerprint density at radius 2 is 2.04 bits per heavy atom. The van der Waals surface area contributed by atoms with Crippen LogP contribution in [0.1, 0.15) is 24.0 Å². The molecule has 1 atom stereocenters. The van der Waals surface area contributed by atoms with Gasteiger partial charge in [0.2, 0.25) is 0 Å². The van der Waals surface area contributed by atoms with E-state index in [1.807, 2.05) is 18.2 Å². The number of aromatic nitrogens is 3. The van der Waals surface area contributed by atoms with Gasteiger partial charge in [-0.2, -0.15) is 0 Å². The summed E-state index contributed by atoms with van der Waals surface area (Å²) in [5, 5.41) is 0. The molecule has 0 bridgehead atoms. The number of benzene rings is 1. The van der Waals surface area contributed by atoms with Crippen molar-refractivity contribution in [2.24, 2.45) is 12.8 Å². The van der Waals surface area contributed by atoms with Crippen molar-refractivity contribution in [2.45, 2.75) is 32.4 Å². The molecule has 4 rings (SSSR count). The van der Waals surface area contributed by atoms with Gasteiger partial charge < -0.3 is 19.8 Å². The lowest BCUT2D eigenvalue weighted by Gasteiger charge is -2.34. The van der Waals surface area contributed by atoms with Gasteiger partial charge in [0.15, 0.2) is 0 Å². The zero-order valence-electron chi connectivity index (χ0n) is 15.4. The lowest BCUT2D eigenvalue weighted by Crippen LogP contribution is -2.44. The Morgan fingerprint density at radius 1 is 1.27 bits per heavy atom. The average molecular weight is 351 g/mol. The molecule has 1 aliphatic rings. The van der Waals surface area contributed by atoms with E-state index >= 15 is 0 Å². The van der Waals surface area contributed by atoms with Crippen molar-refractivity contribution in [3.05, 3.63) is 58.1 Å². The van der Waals surface area contributed by atoms with E-state index in [4.69, 9.17) is 5.73 Å². The number of hydrogen-bond acceptors (Lipinski definition) is 4. The van der Waals surface area contributed by atoms with E-state index in [2.05, 4.69) is 33.5 Å². The largest absolute Gasteiger partial charge is 0.356 e. The fraction of sp³-hybridized carbons (Fsp3) is 0.400. The molecule has 1 fully saturated rings. The summed E-state index contributed by atoms with van der Waals surface area (Å²) in [4.78, 5) is 19.8. The van der Waals surface area contributed by atoms with Crippen LogP contribution < -0.4 is 16.2 Å². The zero-order chi connectivity index (χ0) is 18.3. The number of nitrogens with two attached hydrogens (primary N) is 1.